The van der Waals surface area contributed by atoms with Gasteiger partial charge in [0.05, 0.1) is 13.2 Å². The number of nitrogens with zero attached hydrogens (tertiary/aromatic N) is 2. The van der Waals surface area contributed by atoms with E-state index in [4.69, 9.17) is 4.74 Å². The Hall–Kier alpha value is -1.91. The summed E-state index contributed by atoms with van der Waals surface area (Å²) in [4.78, 5) is 16.1. The number of nitrogens with one attached hydrogen (secondary N) is 2. The average molecular weight is 526 g/mol. The van der Waals surface area contributed by atoms with E-state index in [1.165, 1.54) is 0 Å². The summed E-state index contributed by atoms with van der Waals surface area (Å²) in [5.41, 5.74) is 2.19. The zero-order chi connectivity index (χ0) is 20.5. The Labute approximate surface area is 194 Å². The fourth-order valence-corrected chi connectivity index (χ4v) is 3.54. The lowest BCUT2D eigenvalue weighted by Gasteiger charge is -2.27. The number of aliphatic imine (C=N–C) groups is 1. The molecule has 164 valence electrons. The summed E-state index contributed by atoms with van der Waals surface area (Å²) < 4.78 is 7.23. The molecule has 1 aliphatic rings. The number of halogens is 1. The SMILES string of the molecule is CN=C(NCc1ccc(Cn2ccccc2=O)cc1)NCC1(CCO)CCOC1.I. The van der Waals surface area contributed by atoms with Crippen LogP contribution in [-0.2, 0) is 17.8 Å². The second kappa shape index (κ2) is 12.1. The number of ether oxygens (including phenoxy) is 1. The number of hydrogen-bond acceptors (Lipinski definition) is 4. The third kappa shape index (κ3) is 6.82. The minimum absolute atomic E-state index is 0. The number of aliphatic hydroxyl groups excluding tert-OH is 1. The Bertz CT molecular complexity index is 861. The van der Waals surface area contributed by atoms with Crippen LogP contribution in [0.5, 0.6) is 0 Å². The lowest BCUT2D eigenvalue weighted by atomic mass is 9.84. The van der Waals surface area contributed by atoms with Crippen molar-refractivity contribution in [1.82, 2.24) is 15.2 Å². The predicted molar refractivity (Wildman–Crippen MR) is 129 cm³/mol. The molecule has 2 heterocycles. The van der Waals surface area contributed by atoms with Crippen LogP contribution < -0.4 is 16.2 Å². The van der Waals surface area contributed by atoms with Crippen LogP contribution in [-0.4, -0.2) is 49.0 Å². The van der Waals surface area contributed by atoms with Gasteiger partial charge in [0.25, 0.3) is 5.56 Å². The molecule has 1 fully saturated rings. The third-order valence-corrected chi connectivity index (χ3v) is 5.42. The van der Waals surface area contributed by atoms with Crippen LogP contribution in [0.2, 0.25) is 0 Å². The normalized spacial score (nSPS) is 18.7. The number of guanidine groups is 1. The molecule has 1 aromatic carbocycles. The second-order valence-corrected chi connectivity index (χ2v) is 7.54. The van der Waals surface area contributed by atoms with Gasteiger partial charge in [-0.05, 0) is 30.0 Å². The Morgan fingerprint density at radius 2 is 1.97 bits per heavy atom. The number of aliphatic hydroxyl groups is 1. The molecular weight excluding hydrogens is 495 g/mol. The molecular formula is C22H31IN4O3. The molecule has 7 nitrogen and oxygen atoms in total. The Morgan fingerprint density at radius 1 is 1.20 bits per heavy atom. The lowest BCUT2D eigenvalue weighted by Crippen LogP contribution is -2.44. The smallest absolute Gasteiger partial charge is 0.250 e. The van der Waals surface area contributed by atoms with Crippen molar-refractivity contribution in [3.63, 3.8) is 0 Å². The van der Waals surface area contributed by atoms with Crippen molar-refractivity contribution in [3.05, 3.63) is 70.1 Å². The quantitative estimate of drug-likeness (QED) is 0.278. The minimum atomic E-state index is -0.0243. The predicted octanol–water partition coefficient (Wildman–Crippen LogP) is 1.97. The molecule has 30 heavy (non-hydrogen) atoms. The summed E-state index contributed by atoms with van der Waals surface area (Å²) in [7, 11) is 1.75. The van der Waals surface area contributed by atoms with Crippen molar-refractivity contribution >= 4 is 29.9 Å². The standard InChI is InChI=1S/C22H30N4O3.HI/c1-23-21(25-16-22(9-12-27)10-13-29-17-22)24-14-18-5-7-19(8-6-18)15-26-11-3-2-4-20(26)28;/h2-8,11,27H,9-10,12-17H2,1H3,(H2,23,24,25);1H. The molecule has 1 saturated heterocycles. The first kappa shape index (κ1) is 24.4. The van der Waals surface area contributed by atoms with Gasteiger partial charge in [-0.15, -0.1) is 24.0 Å². The van der Waals surface area contributed by atoms with Crippen molar-refractivity contribution in [3.8, 4) is 0 Å². The molecule has 0 radical (unpaired) electrons. The largest absolute Gasteiger partial charge is 0.396 e. The lowest BCUT2D eigenvalue weighted by molar-refractivity contribution is 0.127. The summed E-state index contributed by atoms with van der Waals surface area (Å²) >= 11 is 0. The first-order valence-electron chi connectivity index (χ1n) is 10.0. The van der Waals surface area contributed by atoms with E-state index in [1.54, 1.807) is 29.9 Å². The number of rotatable bonds is 8. The Kier molecular flexibility index (Phi) is 9.80. The molecule has 0 saturated carbocycles. The Balaban J connectivity index is 0.00000320. The molecule has 0 spiro atoms. The van der Waals surface area contributed by atoms with E-state index in [-0.39, 0.29) is 41.6 Å². The zero-order valence-electron chi connectivity index (χ0n) is 17.3. The topological polar surface area (TPSA) is 87.9 Å². The number of benzene rings is 1. The summed E-state index contributed by atoms with van der Waals surface area (Å²) in [6.45, 7) is 3.51. The molecule has 1 unspecified atom stereocenters. The monoisotopic (exact) mass is 526 g/mol. The van der Waals surface area contributed by atoms with E-state index in [0.717, 1.165) is 43.1 Å². The van der Waals surface area contributed by atoms with Gasteiger partial charge in [-0.1, -0.05) is 30.3 Å². The van der Waals surface area contributed by atoms with Crippen LogP contribution in [0.25, 0.3) is 0 Å². The van der Waals surface area contributed by atoms with E-state index < -0.39 is 0 Å². The van der Waals surface area contributed by atoms with Crippen LogP contribution >= 0.6 is 24.0 Å². The molecule has 8 heteroatoms. The fraction of sp³-hybridized carbons (Fsp3) is 0.455. The molecule has 3 N–H and O–H groups in total. The zero-order valence-corrected chi connectivity index (χ0v) is 19.7. The maximum atomic E-state index is 11.8. The van der Waals surface area contributed by atoms with Gasteiger partial charge in [-0.3, -0.25) is 9.79 Å². The van der Waals surface area contributed by atoms with Gasteiger partial charge in [0.15, 0.2) is 5.96 Å². The van der Waals surface area contributed by atoms with Crippen molar-refractivity contribution < 1.29 is 9.84 Å². The number of pyridine rings is 1. The van der Waals surface area contributed by atoms with Crippen LogP contribution in [0.4, 0.5) is 0 Å². The van der Waals surface area contributed by atoms with Crippen LogP contribution in [0, 0.1) is 5.41 Å². The molecule has 1 aromatic heterocycles. The highest BCUT2D eigenvalue weighted by Gasteiger charge is 2.34. The molecule has 0 amide bonds. The second-order valence-electron chi connectivity index (χ2n) is 7.54. The van der Waals surface area contributed by atoms with Crippen molar-refractivity contribution in [2.24, 2.45) is 10.4 Å². The van der Waals surface area contributed by atoms with Crippen LogP contribution in [0.15, 0.2) is 58.4 Å². The first-order chi connectivity index (χ1) is 14.1. The minimum Gasteiger partial charge on any atom is -0.396 e. The van der Waals surface area contributed by atoms with Crippen molar-refractivity contribution in [2.75, 3.05) is 33.4 Å². The maximum absolute atomic E-state index is 11.8. The van der Waals surface area contributed by atoms with Crippen LogP contribution in [0.1, 0.15) is 24.0 Å². The molecule has 1 atom stereocenters. The molecule has 0 aliphatic carbocycles. The van der Waals surface area contributed by atoms with E-state index >= 15 is 0 Å². The highest BCUT2D eigenvalue weighted by Crippen LogP contribution is 2.31. The molecule has 2 aromatic rings. The molecule has 3 rings (SSSR count). The van der Waals surface area contributed by atoms with Crippen LogP contribution in [0.3, 0.4) is 0 Å². The van der Waals surface area contributed by atoms with Gasteiger partial charge in [-0.25, -0.2) is 0 Å². The van der Waals surface area contributed by atoms with Gasteiger partial charge in [0.2, 0.25) is 0 Å². The van der Waals surface area contributed by atoms with E-state index in [0.29, 0.717) is 19.7 Å². The fourth-order valence-electron chi connectivity index (χ4n) is 3.54. The van der Waals surface area contributed by atoms with Crippen molar-refractivity contribution in [1.29, 1.82) is 0 Å². The summed E-state index contributed by atoms with van der Waals surface area (Å²) in [6.07, 6.45) is 3.47. The highest BCUT2D eigenvalue weighted by atomic mass is 127. The third-order valence-electron chi connectivity index (χ3n) is 5.42. The summed E-state index contributed by atoms with van der Waals surface area (Å²) in [5, 5.41) is 16.0. The number of hydrogen-bond donors (Lipinski definition) is 3. The van der Waals surface area contributed by atoms with Gasteiger partial charge in [0.1, 0.15) is 0 Å². The van der Waals surface area contributed by atoms with E-state index in [2.05, 4.69) is 27.8 Å². The maximum Gasteiger partial charge on any atom is 0.250 e. The van der Waals surface area contributed by atoms with Gasteiger partial charge in [0, 0.05) is 51.0 Å². The average Bonchev–Trinajstić information content (AvgIpc) is 3.20. The number of aromatic nitrogens is 1. The summed E-state index contributed by atoms with van der Waals surface area (Å²) in [5.74, 6) is 0.731. The van der Waals surface area contributed by atoms with Gasteiger partial charge < -0.3 is 25.0 Å². The molecule has 0 bridgehead atoms. The summed E-state index contributed by atoms with van der Waals surface area (Å²) in [6, 6.07) is 13.4. The van der Waals surface area contributed by atoms with E-state index in [1.807, 2.05) is 18.2 Å². The first-order valence-corrected chi connectivity index (χ1v) is 10.0. The van der Waals surface area contributed by atoms with Gasteiger partial charge in [-0.2, -0.15) is 0 Å². The van der Waals surface area contributed by atoms with Crippen molar-refractivity contribution in [2.45, 2.75) is 25.9 Å². The van der Waals surface area contributed by atoms with Gasteiger partial charge >= 0.3 is 0 Å². The molecule has 1 aliphatic heterocycles. The Morgan fingerprint density at radius 3 is 2.60 bits per heavy atom. The van der Waals surface area contributed by atoms with E-state index in [9.17, 15) is 9.90 Å². The highest BCUT2D eigenvalue weighted by molar-refractivity contribution is 14.0.